The molecule has 1 fully saturated rings. The zero-order valence-corrected chi connectivity index (χ0v) is 19.8. The predicted molar refractivity (Wildman–Crippen MR) is 126 cm³/mol. The summed E-state index contributed by atoms with van der Waals surface area (Å²) in [4.78, 5) is 11.1. The van der Waals surface area contributed by atoms with Crippen LogP contribution in [0.2, 0.25) is 0 Å². The minimum absolute atomic E-state index is 0.00744. The van der Waals surface area contributed by atoms with E-state index in [1.165, 1.54) is 40.7 Å². The average molecular weight is 519 g/mol. The zero-order valence-electron chi connectivity index (χ0n) is 19.0. The summed E-state index contributed by atoms with van der Waals surface area (Å²) >= 11 is 0. The summed E-state index contributed by atoms with van der Waals surface area (Å²) in [5.74, 6) is -0.835. The number of hydrogen-bond acceptors (Lipinski definition) is 6. The van der Waals surface area contributed by atoms with E-state index in [-0.39, 0.29) is 30.2 Å². The van der Waals surface area contributed by atoms with Crippen molar-refractivity contribution in [3.63, 3.8) is 0 Å². The van der Waals surface area contributed by atoms with Crippen LogP contribution >= 0.6 is 0 Å². The van der Waals surface area contributed by atoms with Crippen molar-refractivity contribution in [1.82, 2.24) is 4.31 Å². The standard InChI is InChI=1S/C25H24F2N2O6S/c26-24(27)34-19-9-11-20(12-10-19)35-25(18-6-2-1-3-7-18)15-29(16-25)36(32,33)21-8-4-5-17(13-21)14-22(28)23(30)31/h1-13,22,24H,14-16,28H2,(H,30,31). The second-order valence-electron chi connectivity index (χ2n) is 8.38. The summed E-state index contributed by atoms with van der Waals surface area (Å²) in [7, 11) is -3.91. The number of carbonyl (C=O) groups is 1. The number of carboxylic acids is 1. The minimum Gasteiger partial charge on any atom is -0.480 e. The Morgan fingerprint density at radius 1 is 1.00 bits per heavy atom. The second-order valence-corrected chi connectivity index (χ2v) is 10.3. The minimum atomic E-state index is -3.91. The summed E-state index contributed by atoms with van der Waals surface area (Å²) < 4.78 is 63.4. The molecule has 3 aromatic carbocycles. The number of halogens is 2. The zero-order chi connectivity index (χ0) is 25.9. The van der Waals surface area contributed by atoms with Gasteiger partial charge >= 0.3 is 12.6 Å². The van der Waals surface area contributed by atoms with E-state index < -0.39 is 34.2 Å². The van der Waals surface area contributed by atoms with Crippen LogP contribution in [0.4, 0.5) is 8.78 Å². The average Bonchev–Trinajstić information content (AvgIpc) is 2.82. The van der Waals surface area contributed by atoms with Crippen LogP contribution in [-0.2, 0) is 26.8 Å². The van der Waals surface area contributed by atoms with Crippen LogP contribution in [0.25, 0.3) is 0 Å². The van der Waals surface area contributed by atoms with Gasteiger partial charge in [0.15, 0.2) is 5.60 Å². The lowest BCUT2D eigenvalue weighted by atomic mass is 9.87. The number of benzene rings is 3. The van der Waals surface area contributed by atoms with Gasteiger partial charge in [0.05, 0.1) is 18.0 Å². The largest absolute Gasteiger partial charge is 0.480 e. The number of alkyl halides is 2. The number of sulfonamides is 1. The first-order valence-electron chi connectivity index (χ1n) is 11.0. The van der Waals surface area contributed by atoms with Crippen molar-refractivity contribution in [2.75, 3.05) is 13.1 Å². The van der Waals surface area contributed by atoms with Crippen molar-refractivity contribution in [2.24, 2.45) is 5.73 Å². The van der Waals surface area contributed by atoms with Crippen LogP contribution < -0.4 is 15.2 Å². The molecule has 1 aliphatic rings. The highest BCUT2D eigenvalue weighted by molar-refractivity contribution is 7.89. The Morgan fingerprint density at radius 3 is 2.25 bits per heavy atom. The van der Waals surface area contributed by atoms with Gasteiger partial charge in [-0.25, -0.2) is 8.42 Å². The number of hydrogen-bond donors (Lipinski definition) is 2. The van der Waals surface area contributed by atoms with E-state index in [2.05, 4.69) is 4.74 Å². The first-order chi connectivity index (χ1) is 17.1. The molecule has 0 aliphatic carbocycles. The fourth-order valence-electron chi connectivity index (χ4n) is 3.98. The number of aliphatic carboxylic acids is 1. The third-order valence-electron chi connectivity index (χ3n) is 5.83. The Hall–Kier alpha value is -3.54. The fraction of sp³-hybridized carbons (Fsp3) is 0.240. The van der Waals surface area contributed by atoms with Gasteiger partial charge in [-0.1, -0.05) is 42.5 Å². The van der Waals surface area contributed by atoms with E-state index in [0.717, 1.165) is 5.56 Å². The molecule has 1 unspecified atom stereocenters. The summed E-state index contributed by atoms with van der Waals surface area (Å²) in [5.41, 5.74) is 5.84. The molecule has 3 N–H and O–H groups in total. The lowest BCUT2D eigenvalue weighted by Gasteiger charge is -2.48. The van der Waals surface area contributed by atoms with Gasteiger partial charge in [0.25, 0.3) is 0 Å². The number of nitrogens with two attached hydrogens (primary N) is 1. The van der Waals surface area contributed by atoms with E-state index in [9.17, 15) is 22.0 Å². The van der Waals surface area contributed by atoms with Gasteiger partial charge in [-0.3, -0.25) is 4.79 Å². The molecular weight excluding hydrogens is 494 g/mol. The molecule has 1 atom stereocenters. The molecule has 1 saturated heterocycles. The SMILES string of the molecule is NC(Cc1cccc(S(=O)(=O)N2CC(Oc3ccc(OC(F)F)cc3)(c3ccccc3)C2)c1)C(=O)O. The fourth-order valence-corrected chi connectivity index (χ4v) is 5.59. The van der Waals surface area contributed by atoms with Crippen LogP contribution in [0.5, 0.6) is 11.5 Å². The lowest BCUT2D eigenvalue weighted by molar-refractivity contribution is -0.138. The van der Waals surface area contributed by atoms with Gasteiger partial charge in [-0.2, -0.15) is 13.1 Å². The summed E-state index contributed by atoms with van der Waals surface area (Å²) in [6.07, 6.45) is -0.0129. The van der Waals surface area contributed by atoms with Crippen molar-refractivity contribution in [3.8, 4) is 11.5 Å². The second kappa shape index (κ2) is 10.2. The first kappa shape index (κ1) is 25.5. The molecule has 0 aromatic heterocycles. The van der Waals surface area contributed by atoms with E-state index in [4.69, 9.17) is 15.6 Å². The predicted octanol–water partition coefficient (Wildman–Crippen LogP) is 3.22. The van der Waals surface area contributed by atoms with Gasteiger partial charge < -0.3 is 20.3 Å². The van der Waals surface area contributed by atoms with Crippen LogP contribution in [0.15, 0.2) is 83.8 Å². The van der Waals surface area contributed by atoms with Crippen molar-refractivity contribution in [3.05, 3.63) is 90.0 Å². The number of rotatable bonds is 10. The van der Waals surface area contributed by atoms with Gasteiger partial charge in [0.1, 0.15) is 17.5 Å². The molecule has 0 saturated carbocycles. The summed E-state index contributed by atoms with van der Waals surface area (Å²) in [6, 6.07) is 19.6. The molecule has 1 aliphatic heterocycles. The maximum absolute atomic E-state index is 13.3. The molecule has 0 bridgehead atoms. The molecule has 190 valence electrons. The third-order valence-corrected chi connectivity index (χ3v) is 7.62. The monoisotopic (exact) mass is 518 g/mol. The molecule has 1 heterocycles. The molecule has 0 radical (unpaired) electrons. The van der Waals surface area contributed by atoms with E-state index >= 15 is 0 Å². The topological polar surface area (TPSA) is 119 Å². The molecule has 0 amide bonds. The van der Waals surface area contributed by atoms with E-state index in [0.29, 0.717) is 11.3 Å². The molecule has 4 rings (SSSR count). The first-order valence-corrected chi connectivity index (χ1v) is 12.4. The Kier molecular flexibility index (Phi) is 7.25. The summed E-state index contributed by atoms with van der Waals surface area (Å²) in [5, 5.41) is 9.04. The molecule has 3 aromatic rings. The maximum atomic E-state index is 13.3. The normalized spacial score (nSPS) is 16.2. The Balaban J connectivity index is 1.56. The Morgan fingerprint density at radius 2 is 1.64 bits per heavy atom. The van der Waals surface area contributed by atoms with Gasteiger partial charge in [-0.05, 0) is 53.9 Å². The number of ether oxygens (including phenoxy) is 2. The van der Waals surface area contributed by atoms with Crippen molar-refractivity contribution < 1.29 is 36.6 Å². The van der Waals surface area contributed by atoms with Crippen LogP contribution in [0, 0.1) is 0 Å². The van der Waals surface area contributed by atoms with Crippen molar-refractivity contribution >= 4 is 16.0 Å². The maximum Gasteiger partial charge on any atom is 0.387 e. The molecule has 0 spiro atoms. The number of nitrogens with zero attached hydrogens (tertiary/aromatic N) is 1. The quantitative estimate of drug-likeness (QED) is 0.423. The number of carboxylic acid groups (broad SMARTS) is 1. The van der Waals surface area contributed by atoms with E-state index in [1.54, 1.807) is 12.1 Å². The highest BCUT2D eigenvalue weighted by atomic mass is 32.2. The van der Waals surface area contributed by atoms with Crippen LogP contribution in [-0.4, -0.2) is 49.5 Å². The van der Waals surface area contributed by atoms with Crippen molar-refractivity contribution in [1.29, 1.82) is 0 Å². The molecule has 36 heavy (non-hydrogen) atoms. The molecule has 11 heteroatoms. The Bertz CT molecular complexity index is 1310. The van der Waals surface area contributed by atoms with Gasteiger partial charge in [0, 0.05) is 0 Å². The molecule has 8 nitrogen and oxygen atoms in total. The van der Waals surface area contributed by atoms with Crippen LogP contribution in [0.3, 0.4) is 0 Å². The highest BCUT2D eigenvalue weighted by Gasteiger charge is 2.52. The van der Waals surface area contributed by atoms with E-state index in [1.807, 2.05) is 30.3 Å². The highest BCUT2D eigenvalue weighted by Crippen LogP contribution is 2.40. The van der Waals surface area contributed by atoms with Gasteiger partial charge in [0.2, 0.25) is 10.0 Å². The summed E-state index contributed by atoms with van der Waals surface area (Å²) in [6.45, 7) is -2.93. The molecular formula is C25H24F2N2O6S. The van der Waals surface area contributed by atoms with Crippen molar-refractivity contribution in [2.45, 2.75) is 29.6 Å². The smallest absolute Gasteiger partial charge is 0.387 e. The van der Waals surface area contributed by atoms with Crippen LogP contribution in [0.1, 0.15) is 11.1 Å². The van der Waals surface area contributed by atoms with Gasteiger partial charge in [-0.15, -0.1) is 0 Å². The third kappa shape index (κ3) is 5.48. The lowest BCUT2D eigenvalue weighted by Crippen LogP contribution is -2.64. The Labute approximate surface area is 206 Å².